The molecule has 15 heavy (non-hydrogen) atoms. The van der Waals surface area contributed by atoms with E-state index >= 15 is 0 Å². The number of aldehydes is 1. The lowest BCUT2D eigenvalue weighted by atomic mass is 10.2. The molecule has 0 saturated heterocycles. The van der Waals surface area contributed by atoms with Crippen molar-refractivity contribution in [3.05, 3.63) is 18.3 Å². The second-order valence-electron chi connectivity index (χ2n) is 2.71. The van der Waals surface area contributed by atoms with Gasteiger partial charge in [0.05, 0.1) is 10.9 Å². The number of fused-ring (bicyclic) bond motifs is 1. The molecule has 76 valence electrons. The number of carbonyl (C=O) groups is 2. The lowest BCUT2D eigenvalue weighted by molar-refractivity contribution is -0.104. The highest BCUT2D eigenvalue weighted by molar-refractivity contribution is 14.1. The first-order valence-electron chi connectivity index (χ1n) is 3.99. The number of hydrogen-bond acceptors (Lipinski definition) is 5. The van der Waals surface area contributed by atoms with Gasteiger partial charge in [-0.25, -0.2) is 15.0 Å². The summed E-state index contributed by atoms with van der Waals surface area (Å²) in [5.41, 5.74) is 1.03. The van der Waals surface area contributed by atoms with Gasteiger partial charge in [0, 0.05) is 0 Å². The van der Waals surface area contributed by atoms with Gasteiger partial charge in [0.25, 0.3) is 0 Å². The molecule has 6 nitrogen and oxygen atoms in total. The molecule has 0 N–H and O–H groups in total. The fourth-order valence-corrected chi connectivity index (χ4v) is 1.75. The third kappa shape index (κ3) is 1.62. The van der Waals surface area contributed by atoms with Crippen LogP contribution in [0.25, 0.3) is 11.2 Å². The average Bonchev–Trinajstić information content (AvgIpc) is 2.70. The summed E-state index contributed by atoms with van der Waals surface area (Å²) in [4.78, 5) is 33.4. The van der Waals surface area contributed by atoms with E-state index < -0.39 is 5.78 Å². The second-order valence-corrected chi connectivity index (χ2v) is 3.39. The second kappa shape index (κ2) is 4.01. The SMILES string of the molecule is O=CC(=O)c1ncnc2ncn(CI)c12. The molecule has 0 spiro atoms. The predicted octanol–water partition coefficient (Wildman–Crippen LogP) is 0.600. The number of Topliss-reactive ketones (excluding diaryl/α,β-unsaturated/α-hetero) is 1. The number of nitrogens with zero attached hydrogens (tertiary/aromatic N) is 4. The van der Waals surface area contributed by atoms with Crippen molar-refractivity contribution in [3.63, 3.8) is 0 Å². The van der Waals surface area contributed by atoms with Crippen LogP contribution in [0.3, 0.4) is 0 Å². The molecule has 0 fully saturated rings. The van der Waals surface area contributed by atoms with Crippen molar-refractivity contribution in [2.75, 3.05) is 0 Å². The highest BCUT2D eigenvalue weighted by Crippen LogP contribution is 2.14. The van der Waals surface area contributed by atoms with Gasteiger partial charge in [-0.15, -0.1) is 0 Å². The number of aromatic nitrogens is 4. The van der Waals surface area contributed by atoms with E-state index in [-0.39, 0.29) is 12.0 Å². The zero-order valence-electron chi connectivity index (χ0n) is 7.42. The van der Waals surface area contributed by atoms with Gasteiger partial charge in [-0.1, -0.05) is 22.6 Å². The number of imidazole rings is 1. The molecule has 0 aliphatic rings. The quantitative estimate of drug-likeness (QED) is 0.272. The summed E-state index contributed by atoms with van der Waals surface area (Å²) < 4.78 is 2.33. The molecule has 0 bridgehead atoms. The van der Waals surface area contributed by atoms with Crippen LogP contribution in [0.5, 0.6) is 0 Å². The minimum absolute atomic E-state index is 0.101. The van der Waals surface area contributed by atoms with Crippen molar-refractivity contribution in [2.45, 2.75) is 4.55 Å². The number of ketones is 1. The van der Waals surface area contributed by atoms with Crippen molar-refractivity contribution < 1.29 is 9.59 Å². The maximum Gasteiger partial charge on any atom is 0.246 e. The van der Waals surface area contributed by atoms with Crippen LogP contribution in [0, 0.1) is 0 Å². The van der Waals surface area contributed by atoms with Gasteiger partial charge >= 0.3 is 0 Å². The third-order valence-electron chi connectivity index (χ3n) is 1.88. The molecule has 2 heterocycles. The number of alkyl halides is 1. The largest absolute Gasteiger partial charge is 0.317 e. The molecular formula is C8H5IN4O2. The smallest absolute Gasteiger partial charge is 0.246 e. The van der Waals surface area contributed by atoms with Crippen LogP contribution in [-0.4, -0.2) is 31.6 Å². The molecular weight excluding hydrogens is 311 g/mol. The Morgan fingerprint density at radius 3 is 2.93 bits per heavy atom. The molecule has 0 aliphatic heterocycles. The minimum Gasteiger partial charge on any atom is -0.317 e. The monoisotopic (exact) mass is 316 g/mol. The first-order valence-corrected chi connectivity index (χ1v) is 5.51. The summed E-state index contributed by atoms with van der Waals surface area (Å²) in [5, 5.41) is 0. The van der Waals surface area contributed by atoms with E-state index in [9.17, 15) is 9.59 Å². The maximum atomic E-state index is 11.3. The molecule has 0 radical (unpaired) electrons. The molecule has 0 saturated carbocycles. The molecule has 0 amide bonds. The molecule has 0 aliphatic carbocycles. The summed E-state index contributed by atoms with van der Waals surface area (Å²) in [6.45, 7) is 0. The van der Waals surface area contributed by atoms with Gasteiger partial charge in [0.1, 0.15) is 17.5 Å². The van der Waals surface area contributed by atoms with Crippen LogP contribution < -0.4 is 0 Å². The summed E-state index contributed by atoms with van der Waals surface area (Å²) in [6.07, 6.45) is 3.03. The fraction of sp³-hybridized carbons (Fsp3) is 0.125. The first-order chi connectivity index (χ1) is 7.27. The molecule has 0 aromatic carbocycles. The maximum absolute atomic E-state index is 11.3. The Morgan fingerprint density at radius 1 is 1.47 bits per heavy atom. The van der Waals surface area contributed by atoms with Crippen LogP contribution in [0.4, 0.5) is 0 Å². The number of hydrogen-bond donors (Lipinski definition) is 0. The van der Waals surface area contributed by atoms with Crippen LogP contribution in [0.15, 0.2) is 12.7 Å². The lowest BCUT2D eigenvalue weighted by Gasteiger charge is -2.00. The Kier molecular flexibility index (Phi) is 2.71. The first kappa shape index (κ1) is 10.1. The molecule has 2 aromatic heterocycles. The Bertz CT molecular complexity index is 536. The Morgan fingerprint density at radius 2 is 2.27 bits per heavy atom. The van der Waals surface area contributed by atoms with Crippen LogP contribution in [-0.2, 0) is 9.35 Å². The zero-order chi connectivity index (χ0) is 10.8. The molecule has 2 aromatic rings. The highest BCUT2D eigenvalue weighted by atomic mass is 127. The number of rotatable bonds is 3. The van der Waals surface area contributed by atoms with Crippen molar-refractivity contribution in [1.82, 2.24) is 19.5 Å². The van der Waals surface area contributed by atoms with E-state index in [2.05, 4.69) is 37.5 Å². The van der Waals surface area contributed by atoms with E-state index in [0.29, 0.717) is 15.7 Å². The average molecular weight is 316 g/mol. The number of halogens is 1. The highest BCUT2D eigenvalue weighted by Gasteiger charge is 2.15. The Labute approximate surface area is 97.9 Å². The van der Waals surface area contributed by atoms with E-state index in [1.54, 1.807) is 10.9 Å². The van der Waals surface area contributed by atoms with Crippen molar-refractivity contribution >= 4 is 45.8 Å². The van der Waals surface area contributed by atoms with Gasteiger partial charge in [-0.3, -0.25) is 9.59 Å². The summed E-state index contributed by atoms with van der Waals surface area (Å²) in [5.74, 6) is -0.658. The van der Waals surface area contributed by atoms with Gasteiger partial charge in [-0.05, 0) is 0 Å². The normalized spacial score (nSPS) is 10.5. The van der Waals surface area contributed by atoms with E-state index in [0.717, 1.165) is 0 Å². The molecule has 2 rings (SSSR count). The molecule has 0 atom stereocenters. The van der Waals surface area contributed by atoms with Crippen LogP contribution in [0.1, 0.15) is 10.5 Å². The van der Waals surface area contributed by atoms with Crippen LogP contribution >= 0.6 is 22.6 Å². The Hall–Kier alpha value is -1.38. The van der Waals surface area contributed by atoms with Gasteiger partial charge in [-0.2, -0.15) is 0 Å². The van der Waals surface area contributed by atoms with Crippen molar-refractivity contribution in [1.29, 1.82) is 0 Å². The van der Waals surface area contributed by atoms with Gasteiger partial charge < -0.3 is 4.57 Å². The summed E-state index contributed by atoms with van der Waals surface area (Å²) >= 11 is 2.12. The summed E-state index contributed by atoms with van der Waals surface area (Å²) in [6, 6.07) is 0. The predicted molar refractivity (Wildman–Crippen MR) is 59.7 cm³/mol. The van der Waals surface area contributed by atoms with Crippen molar-refractivity contribution in [3.8, 4) is 0 Å². The number of carbonyl (C=O) groups excluding carboxylic acids is 2. The van der Waals surface area contributed by atoms with Gasteiger partial charge in [0.15, 0.2) is 11.9 Å². The topological polar surface area (TPSA) is 77.7 Å². The zero-order valence-corrected chi connectivity index (χ0v) is 9.58. The third-order valence-corrected chi connectivity index (χ3v) is 2.61. The molecule has 0 unspecified atom stereocenters. The van der Waals surface area contributed by atoms with E-state index in [1.807, 2.05) is 0 Å². The summed E-state index contributed by atoms with van der Waals surface area (Å²) in [7, 11) is 0. The minimum atomic E-state index is -0.658. The lowest BCUT2D eigenvalue weighted by Crippen LogP contribution is -2.07. The fourth-order valence-electron chi connectivity index (χ4n) is 1.24. The van der Waals surface area contributed by atoms with Crippen molar-refractivity contribution in [2.24, 2.45) is 0 Å². The molecule has 7 heteroatoms. The Balaban J connectivity index is 2.77. The standard InChI is InChI=1S/C8H5IN4O2/c9-2-13-4-12-8-7(13)6(5(15)1-14)10-3-11-8/h1,3-4H,2H2. The van der Waals surface area contributed by atoms with E-state index in [1.165, 1.54) is 6.33 Å². The van der Waals surface area contributed by atoms with Crippen LogP contribution in [0.2, 0.25) is 0 Å². The van der Waals surface area contributed by atoms with E-state index in [4.69, 9.17) is 0 Å². The van der Waals surface area contributed by atoms with Gasteiger partial charge in [0.2, 0.25) is 5.78 Å².